The molecule has 0 radical (unpaired) electrons. The first kappa shape index (κ1) is 29.7. The molecule has 12 heteroatoms. The molecule has 0 saturated carbocycles. The standard InChI is InChI=1S/C33H28N4O7S/c1-20(21-12-6-3-7-13-21)44-33(2)26(43-29(39)23-16-10-5-11-17-23)24(19-41-28(38)22-14-8-4-9-15-22)42-30(33)37-27-25(45-32(37)40)18-35-31(34)36-27/h3-18,24,26,30H,1,19H2,2H3,(H2,34,35,36)/t24-,26-,30-,33-/m1/s1. The molecule has 4 atom stereocenters. The van der Waals surface area contributed by atoms with Crippen LogP contribution in [0.5, 0.6) is 0 Å². The molecular weight excluding hydrogens is 596 g/mol. The largest absolute Gasteiger partial charge is 0.479 e. The maximum atomic E-state index is 13.5. The van der Waals surface area contributed by atoms with E-state index >= 15 is 0 Å². The molecule has 2 N–H and O–H groups in total. The van der Waals surface area contributed by atoms with Crippen molar-refractivity contribution in [2.75, 3.05) is 12.3 Å². The zero-order valence-electron chi connectivity index (χ0n) is 24.1. The van der Waals surface area contributed by atoms with Crippen molar-refractivity contribution in [2.24, 2.45) is 0 Å². The van der Waals surface area contributed by atoms with Crippen molar-refractivity contribution in [3.8, 4) is 0 Å². The Bertz CT molecular complexity index is 1910. The summed E-state index contributed by atoms with van der Waals surface area (Å²) in [6, 6.07) is 26.0. The van der Waals surface area contributed by atoms with Crippen molar-refractivity contribution in [3.63, 3.8) is 0 Å². The van der Waals surface area contributed by atoms with Crippen molar-refractivity contribution < 1.29 is 28.5 Å². The zero-order valence-corrected chi connectivity index (χ0v) is 24.9. The number of aromatic nitrogens is 3. The van der Waals surface area contributed by atoms with Crippen molar-refractivity contribution in [1.82, 2.24) is 14.5 Å². The van der Waals surface area contributed by atoms with Gasteiger partial charge in [-0.1, -0.05) is 84.6 Å². The van der Waals surface area contributed by atoms with Crippen LogP contribution >= 0.6 is 11.3 Å². The number of esters is 2. The number of anilines is 1. The Labute approximate surface area is 261 Å². The number of carbonyl (C=O) groups excluding carboxylic acids is 2. The number of hydrogen-bond acceptors (Lipinski definition) is 11. The van der Waals surface area contributed by atoms with E-state index in [1.54, 1.807) is 79.7 Å². The molecule has 5 aromatic rings. The first-order chi connectivity index (χ1) is 21.7. The SMILES string of the molecule is C=C(O[C@]1(C)[C@H](OC(=O)c2ccccc2)[C@@H](COC(=O)c2ccccc2)O[C@H]1n1c(=O)sc2cnc(N)nc21)c1ccccc1. The number of nitrogens with two attached hydrogens (primary N) is 1. The number of nitrogens with zero attached hydrogens (tertiary/aromatic N) is 3. The van der Waals surface area contributed by atoms with Gasteiger partial charge in [-0.2, -0.15) is 4.98 Å². The van der Waals surface area contributed by atoms with Crippen LogP contribution < -0.4 is 10.6 Å². The van der Waals surface area contributed by atoms with Crippen LogP contribution in [0, 0.1) is 0 Å². The Balaban J connectivity index is 1.44. The smallest absolute Gasteiger partial charge is 0.338 e. The van der Waals surface area contributed by atoms with Gasteiger partial charge in [-0.05, 0) is 31.2 Å². The van der Waals surface area contributed by atoms with Gasteiger partial charge in [0.25, 0.3) is 0 Å². The van der Waals surface area contributed by atoms with Gasteiger partial charge in [-0.3, -0.25) is 9.36 Å². The van der Waals surface area contributed by atoms with E-state index in [-0.39, 0.29) is 29.5 Å². The highest BCUT2D eigenvalue weighted by atomic mass is 32.1. The lowest BCUT2D eigenvalue weighted by Crippen LogP contribution is -2.50. The van der Waals surface area contributed by atoms with Crippen molar-refractivity contribution in [2.45, 2.75) is 31.0 Å². The van der Waals surface area contributed by atoms with Gasteiger partial charge >= 0.3 is 16.8 Å². The Morgan fingerprint density at radius 3 is 2.16 bits per heavy atom. The van der Waals surface area contributed by atoms with Crippen LogP contribution in [-0.2, 0) is 18.9 Å². The molecule has 3 heterocycles. The summed E-state index contributed by atoms with van der Waals surface area (Å²) in [6.45, 7) is 5.44. The van der Waals surface area contributed by atoms with E-state index in [0.717, 1.165) is 11.3 Å². The van der Waals surface area contributed by atoms with Gasteiger partial charge in [0.05, 0.1) is 22.0 Å². The summed E-state index contributed by atoms with van der Waals surface area (Å²) >= 11 is 0.895. The monoisotopic (exact) mass is 624 g/mol. The molecule has 2 aromatic heterocycles. The molecule has 0 unspecified atom stereocenters. The van der Waals surface area contributed by atoms with Gasteiger partial charge in [-0.25, -0.2) is 14.6 Å². The van der Waals surface area contributed by atoms with E-state index < -0.39 is 40.8 Å². The van der Waals surface area contributed by atoms with Crippen molar-refractivity contribution in [1.29, 1.82) is 0 Å². The molecule has 1 fully saturated rings. The Morgan fingerprint density at radius 2 is 1.53 bits per heavy atom. The topological polar surface area (TPSA) is 145 Å². The Kier molecular flexibility index (Phi) is 8.16. The zero-order chi connectivity index (χ0) is 31.6. The number of benzene rings is 3. The Hall–Kier alpha value is -5.33. The van der Waals surface area contributed by atoms with Crippen LogP contribution in [0.2, 0.25) is 0 Å². The van der Waals surface area contributed by atoms with Gasteiger partial charge in [0, 0.05) is 5.56 Å². The quantitative estimate of drug-likeness (QED) is 0.178. The van der Waals surface area contributed by atoms with Crippen LogP contribution in [-0.4, -0.2) is 50.9 Å². The van der Waals surface area contributed by atoms with Gasteiger partial charge in [0.15, 0.2) is 23.6 Å². The third-order valence-corrected chi connectivity index (χ3v) is 8.26. The number of ether oxygens (including phenoxy) is 4. The minimum atomic E-state index is -1.60. The van der Waals surface area contributed by atoms with Gasteiger partial charge in [-0.15, -0.1) is 0 Å². The number of fused-ring (bicyclic) bond motifs is 1. The van der Waals surface area contributed by atoms with E-state index in [1.807, 2.05) is 18.2 Å². The molecule has 3 aromatic carbocycles. The van der Waals surface area contributed by atoms with Gasteiger partial charge < -0.3 is 24.7 Å². The molecule has 0 aliphatic carbocycles. The molecule has 0 bridgehead atoms. The number of carbonyl (C=O) groups is 2. The van der Waals surface area contributed by atoms with Crippen LogP contribution in [0.15, 0.2) is 109 Å². The molecule has 1 aliphatic heterocycles. The fourth-order valence-corrected chi connectivity index (χ4v) is 6.01. The molecule has 1 saturated heterocycles. The number of thiazole rings is 1. The van der Waals surface area contributed by atoms with E-state index in [4.69, 9.17) is 24.7 Å². The molecule has 11 nitrogen and oxygen atoms in total. The second-order valence-electron chi connectivity index (χ2n) is 10.4. The summed E-state index contributed by atoms with van der Waals surface area (Å²) in [7, 11) is 0. The average molecular weight is 625 g/mol. The number of hydrogen-bond donors (Lipinski definition) is 1. The molecule has 0 spiro atoms. The summed E-state index contributed by atoms with van der Waals surface area (Å²) < 4.78 is 26.5. The Morgan fingerprint density at radius 1 is 0.956 bits per heavy atom. The fourth-order valence-electron chi connectivity index (χ4n) is 5.20. The van der Waals surface area contributed by atoms with E-state index in [9.17, 15) is 14.4 Å². The van der Waals surface area contributed by atoms with Gasteiger partial charge in [0.2, 0.25) is 5.95 Å². The van der Waals surface area contributed by atoms with E-state index in [0.29, 0.717) is 15.8 Å². The summed E-state index contributed by atoms with van der Waals surface area (Å²) in [5.74, 6) is -1.09. The van der Waals surface area contributed by atoms with E-state index in [2.05, 4.69) is 16.5 Å². The summed E-state index contributed by atoms with van der Waals surface area (Å²) in [6.07, 6.45) is -2.07. The molecule has 45 heavy (non-hydrogen) atoms. The lowest BCUT2D eigenvalue weighted by molar-refractivity contribution is -0.0965. The van der Waals surface area contributed by atoms with Crippen LogP contribution in [0.1, 0.15) is 39.4 Å². The third kappa shape index (κ3) is 5.93. The third-order valence-electron chi connectivity index (χ3n) is 7.38. The van der Waals surface area contributed by atoms with Crippen LogP contribution in [0.3, 0.4) is 0 Å². The second-order valence-corrected chi connectivity index (χ2v) is 11.4. The summed E-state index contributed by atoms with van der Waals surface area (Å²) in [4.78, 5) is 47.8. The summed E-state index contributed by atoms with van der Waals surface area (Å²) in [5.41, 5.74) is 5.77. The minimum absolute atomic E-state index is 0.0521. The van der Waals surface area contributed by atoms with Crippen molar-refractivity contribution in [3.05, 3.63) is 130 Å². The lowest BCUT2D eigenvalue weighted by Gasteiger charge is -2.36. The highest BCUT2D eigenvalue weighted by Gasteiger charge is 2.60. The van der Waals surface area contributed by atoms with E-state index in [1.165, 1.54) is 10.8 Å². The molecule has 228 valence electrons. The number of rotatable bonds is 9. The molecule has 6 rings (SSSR count). The normalized spacial score (nSPS) is 20.9. The highest BCUT2D eigenvalue weighted by molar-refractivity contribution is 7.16. The summed E-state index contributed by atoms with van der Waals surface area (Å²) in [5, 5.41) is 0. The first-order valence-electron chi connectivity index (χ1n) is 13.9. The maximum absolute atomic E-state index is 13.5. The molecule has 0 amide bonds. The maximum Gasteiger partial charge on any atom is 0.338 e. The van der Waals surface area contributed by atoms with Crippen LogP contribution in [0.25, 0.3) is 16.1 Å². The van der Waals surface area contributed by atoms with Crippen LogP contribution in [0.4, 0.5) is 5.95 Å². The second kappa shape index (κ2) is 12.3. The first-order valence-corrected chi connectivity index (χ1v) is 14.8. The fraction of sp³-hybridized carbons (Fsp3) is 0.182. The predicted molar refractivity (Wildman–Crippen MR) is 167 cm³/mol. The predicted octanol–water partition coefficient (Wildman–Crippen LogP) is 4.86. The molecule has 1 aliphatic rings. The van der Waals surface area contributed by atoms with Gasteiger partial charge in [0.1, 0.15) is 18.5 Å². The number of nitrogen functional groups attached to an aromatic ring is 1. The average Bonchev–Trinajstić information content (AvgIpc) is 3.52. The minimum Gasteiger partial charge on any atom is -0.479 e. The van der Waals surface area contributed by atoms with Crippen molar-refractivity contribution >= 4 is 45.3 Å². The lowest BCUT2D eigenvalue weighted by atomic mass is 9.95. The molecular formula is C33H28N4O7S. The highest BCUT2D eigenvalue weighted by Crippen LogP contribution is 2.46.